The van der Waals surface area contributed by atoms with Crippen molar-refractivity contribution in [1.82, 2.24) is 4.90 Å². The van der Waals surface area contributed by atoms with Crippen LogP contribution in [0, 0.1) is 11.8 Å². The van der Waals surface area contributed by atoms with Crippen LogP contribution in [-0.4, -0.2) is 41.3 Å². The van der Waals surface area contributed by atoms with Crippen molar-refractivity contribution in [2.45, 2.75) is 32.7 Å². The van der Waals surface area contributed by atoms with Gasteiger partial charge < -0.3 is 0 Å². The summed E-state index contributed by atoms with van der Waals surface area (Å²) < 4.78 is 0. The first-order chi connectivity index (χ1) is 7.18. The molecule has 0 amide bonds. The zero-order valence-electron chi connectivity index (χ0n) is 9.74. The number of likely N-dealkylation sites (tertiary alicyclic amines) is 1. The number of piperidine rings is 1. The first kappa shape index (κ1) is 11.5. The molecular weight excluding hydrogens is 206 g/mol. The van der Waals surface area contributed by atoms with Crippen LogP contribution in [0.25, 0.3) is 0 Å². The second-order valence-electron chi connectivity index (χ2n) is 4.97. The van der Waals surface area contributed by atoms with Crippen LogP contribution in [0.5, 0.6) is 0 Å². The predicted octanol–water partition coefficient (Wildman–Crippen LogP) is 2.04. The van der Waals surface area contributed by atoms with Gasteiger partial charge in [0, 0.05) is 31.5 Å². The third kappa shape index (κ3) is 2.56. The van der Waals surface area contributed by atoms with Crippen molar-refractivity contribution in [3.8, 4) is 0 Å². The van der Waals surface area contributed by atoms with E-state index in [1.165, 1.54) is 24.5 Å². The summed E-state index contributed by atoms with van der Waals surface area (Å²) in [6.07, 6.45) is 2.14. The molecule has 2 saturated heterocycles. The van der Waals surface area contributed by atoms with E-state index in [2.05, 4.69) is 30.5 Å². The Labute approximate surface area is 96.8 Å². The summed E-state index contributed by atoms with van der Waals surface area (Å²) in [6.45, 7) is 6.50. The minimum absolute atomic E-state index is 0.243. The molecular formula is C12H21NOS. The monoisotopic (exact) mass is 227 g/mol. The molecule has 3 heteroatoms. The number of ketones is 1. The highest BCUT2D eigenvalue weighted by molar-refractivity contribution is 7.99. The van der Waals surface area contributed by atoms with Crippen LogP contribution >= 0.6 is 11.8 Å². The fourth-order valence-corrected chi connectivity index (χ4v) is 3.86. The van der Waals surface area contributed by atoms with Gasteiger partial charge in [-0.15, -0.1) is 0 Å². The highest BCUT2D eigenvalue weighted by Crippen LogP contribution is 2.27. The molecule has 0 aliphatic carbocycles. The molecule has 2 nitrogen and oxygen atoms in total. The van der Waals surface area contributed by atoms with Crippen LogP contribution in [0.1, 0.15) is 26.7 Å². The third-order valence-electron chi connectivity index (χ3n) is 3.97. The minimum atomic E-state index is 0.243. The first-order valence-corrected chi connectivity index (χ1v) is 7.18. The van der Waals surface area contributed by atoms with E-state index in [1.54, 1.807) is 0 Å². The van der Waals surface area contributed by atoms with E-state index in [0.717, 1.165) is 18.9 Å². The van der Waals surface area contributed by atoms with E-state index < -0.39 is 0 Å². The lowest BCUT2D eigenvalue weighted by Crippen LogP contribution is -2.48. The van der Waals surface area contributed by atoms with Gasteiger partial charge in [-0.25, -0.2) is 0 Å². The minimum Gasteiger partial charge on any atom is -0.299 e. The molecule has 2 aliphatic heterocycles. The topological polar surface area (TPSA) is 20.3 Å². The van der Waals surface area contributed by atoms with Gasteiger partial charge in [-0.05, 0) is 30.8 Å². The Bertz CT molecular complexity index is 238. The average Bonchev–Trinajstić information content (AvgIpc) is 2.72. The van der Waals surface area contributed by atoms with Gasteiger partial charge in [-0.1, -0.05) is 6.92 Å². The van der Waals surface area contributed by atoms with Crippen molar-refractivity contribution in [2.75, 3.05) is 24.6 Å². The normalized spacial score (nSPS) is 38.5. The van der Waals surface area contributed by atoms with Gasteiger partial charge in [0.2, 0.25) is 0 Å². The third-order valence-corrected chi connectivity index (χ3v) is 5.20. The molecule has 0 radical (unpaired) electrons. The zero-order valence-corrected chi connectivity index (χ0v) is 10.6. The molecule has 0 aromatic rings. The van der Waals surface area contributed by atoms with E-state index in [0.29, 0.717) is 11.8 Å². The molecule has 2 heterocycles. The lowest BCUT2D eigenvalue weighted by Gasteiger charge is -2.38. The van der Waals surface area contributed by atoms with Crippen molar-refractivity contribution >= 4 is 17.5 Å². The van der Waals surface area contributed by atoms with Crippen molar-refractivity contribution in [1.29, 1.82) is 0 Å². The second-order valence-corrected chi connectivity index (χ2v) is 6.12. The molecule has 2 aliphatic rings. The predicted molar refractivity (Wildman–Crippen MR) is 65.3 cm³/mol. The molecule has 3 unspecified atom stereocenters. The molecule has 0 bridgehead atoms. The maximum atomic E-state index is 11.6. The summed E-state index contributed by atoms with van der Waals surface area (Å²) in [4.78, 5) is 14.1. The van der Waals surface area contributed by atoms with E-state index in [9.17, 15) is 4.79 Å². The van der Waals surface area contributed by atoms with E-state index >= 15 is 0 Å². The molecule has 0 aromatic carbocycles. The maximum absolute atomic E-state index is 11.6. The van der Waals surface area contributed by atoms with E-state index in [4.69, 9.17) is 0 Å². The Morgan fingerprint density at radius 3 is 2.93 bits per heavy atom. The number of rotatable bonds is 2. The van der Waals surface area contributed by atoms with Crippen LogP contribution in [0.4, 0.5) is 0 Å². The smallest absolute Gasteiger partial charge is 0.138 e. The molecule has 86 valence electrons. The van der Waals surface area contributed by atoms with Gasteiger partial charge >= 0.3 is 0 Å². The molecule has 0 spiro atoms. The SMILES string of the molecule is CC1C(=O)CCN(CC2CCSC2)C1C. The van der Waals surface area contributed by atoms with Gasteiger partial charge in [-0.3, -0.25) is 9.69 Å². The Morgan fingerprint density at radius 2 is 2.27 bits per heavy atom. The van der Waals surface area contributed by atoms with Crippen LogP contribution in [0.3, 0.4) is 0 Å². The lowest BCUT2D eigenvalue weighted by atomic mass is 9.90. The number of carbonyl (C=O) groups is 1. The molecule has 15 heavy (non-hydrogen) atoms. The number of nitrogens with zero attached hydrogens (tertiary/aromatic N) is 1. The molecule has 0 N–H and O–H groups in total. The quantitative estimate of drug-likeness (QED) is 0.720. The maximum Gasteiger partial charge on any atom is 0.138 e. The van der Waals surface area contributed by atoms with Crippen molar-refractivity contribution in [3.05, 3.63) is 0 Å². The highest BCUT2D eigenvalue weighted by Gasteiger charge is 2.32. The van der Waals surface area contributed by atoms with Gasteiger partial charge in [0.15, 0.2) is 0 Å². The van der Waals surface area contributed by atoms with Crippen LogP contribution in [-0.2, 0) is 4.79 Å². The summed E-state index contributed by atoms with van der Waals surface area (Å²) in [5, 5.41) is 0. The van der Waals surface area contributed by atoms with Crippen molar-refractivity contribution in [3.63, 3.8) is 0 Å². The van der Waals surface area contributed by atoms with Crippen molar-refractivity contribution < 1.29 is 4.79 Å². The summed E-state index contributed by atoms with van der Waals surface area (Å²) in [5.41, 5.74) is 0. The lowest BCUT2D eigenvalue weighted by molar-refractivity contribution is -0.128. The summed E-state index contributed by atoms with van der Waals surface area (Å²) in [7, 11) is 0. The number of carbonyl (C=O) groups excluding carboxylic acids is 1. The molecule has 0 saturated carbocycles. The fourth-order valence-electron chi connectivity index (χ4n) is 2.59. The second kappa shape index (κ2) is 4.88. The fraction of sp³-hybridized carbons (Fsp3) is 0.917. The average molecular weight is 227 g/mol. The Hall–Kier alpha value is -0.0200. The Balaban J connectivity index is 1.88. The van der Waals surface area contributed by atoms with Gasteiger partial charge in [-0.2, -0.15) is 11.8 Å². The standard InChI is InChI=1S/C12H21NOS/c1-9-10(2)13(5-3-12(9)14)7-11-4-6-15-8-11/h9-11H,3-8H2,1-2H3. The van der Waals surface area contributed by atoms with Crippen LogP contribution in [0.15, 0.2) is 0 Å². The summed E-state index contributed by atoms with van der Waals surface area (Å²) >= 11 is 2.08. The summed E-state index contributed by atoms with van der Waals surface area (Å²) in [6, 6.07) is 0.455. The van der Waals surface area contributed by atoms with Crippen LogP contribution in [0.2, 0.25) is 0 Å². The largest absolute Gasteiger partial charge is 0.299 e. The molecule has 3 atom stereocenters. The summed E-state index contributed by atoms with van der Waals surface area (Å²) in [5.74, 6) is 4.23. The van der Waals surface area contributed by atoms with Gasteiger partial charge in [0.25, 0.3) is 0 Å². The highest BCUT2D eigenvalue weighted by atomic mass is 32.2. The number of hydrogen-bond donors (Lipinski definition) is 0. The van der Waals surface area contributed by atoms with E-state index in [-0.39, 0.29) is 5.92 Å². The Morgan fingerprint density at radius 1 is 1.47 bits per heavy atom. The Kier molecular flexibility index (Phi) is 3.73. The molecule has 0 aromatic heterocycles. The zero-order chi connectivity index (χ0) is 10.8. The first-order valence-electron chi connectivity index (χ1n) is 6.03. The van der Waals surface area contributed by atoms with E-state index in [1.807, 2.05) is 0 Å². The molecule has 2 fully saturated rings. The van der Waals surface area contributed by atoms with Crippen molar-refractivity contribution in [2.24, 2.45) is 11.8 Å². The van der Waals surface area contributed by atoms with Gasteiger partial charge in [0.1, 0.15) is 5.78 Å². The number of hydrogen-bond acceptors (Lipinski definition) is 3. The molecule has 2 rings (SSSR count). The van der Waals surface area contributed by atoms with Gasteiger partial charge in [0.05, 0.1) is 0 Å². The number of Topliss-reactive ketones (excluding diaryl/α,β-unsaturated/α-hetero) is 1. The number of thioether (sulfide) groups is 1. The van der Waals surface area contributed by atoms with Crippen LogP contribution < -0.4 is 0 Å².